The molecule has 1 unspecified atom stereocenters. The van der Waals surface area contributed by atoms with E-state index in [1.165, 1.54) is 11.2 Å². The van der Waals surface area contributed by atoms with Crippen molar-refractivity contribution in [2.45, 2.75) is 43.9 Å². The first-order valence-electron chi connectivity index (χ1n) is 5.55. The molecule has 1 fully saturated rings. The zero-order valence-corrected chi connectivity index (χ0v) is 10.3. The molecular formula is C10H18N2O3S. The first-order chi connectivity index (χ1) is 7.54. The molecule has 1 rings (SSSR count). The van der Waals surface area contributed by atoms with Gasteiger partial charge in [0.1, 0.15) is 0 Å². The number of rotatable bonds is 5. The minimum Gasteiger partial charge on any atom is -0.395 e. The van der Waals surface area contributed by atoms with Crippen LogP contribution in [0.3, 0.4) is 0 Å². The van der Waals surface area contributed by atoms with Crippen molar-refractivity contribution < 1.29 is 13.5 Å². The third-order valence-corrected chi connectivity index (χ3v) is 5.14. The van der Waals surface area contributed by atoms with E-state index in [0.29, 0.717) is 0 Å². The molecule has 1 aliphatic carbocycles. The average Bonchev–Trinajstić information content (AvgIpc) is 2.77. The molecule has 0 heterocycles. The van der Waals surface area contributed by atoms with Gasteiger partial charge in [-0.1, -0.05) is 12.8 Å². The van der Waals surface area contributed by atoms with E-state index in [-0.39, 0.29) is 19.2 Å². The number of nitrogens with zero attached hydrogens (tertiary/aromatic N) is 2. The van der Waals surface area contributed by atoms with Crippen LogP contribution in [0.25, 0.3) is 0 Å². The number of hydrogen-bond acceptors (Lipinski definition) is 4. The van der Waals surface area contributed by atoms with Gasteiger partial charge < -0.3 is 5.11 Å². The van der Waals surface area contributed by atoms with Gasteiger partial charge in [0.25, 0.3) is 0 Å². The molecule has 0 amide bonds. The van der Waals surface area contributed by atoms with Crippen molar-refractivity contribution in [1.29, 1.82) is 5.26 Å². The minimum atomic E-state index is -3.58. The van der Waals surface area contributed by atoms with Gasteiger partial charge in [0, 0.05) is 12.6 Å². The molecule has 0 aromatic carbocycles. The highest BCUT2D eigenvalue weighted by Gasteiger charge is 2.35. The van der Waals surface area contributed by atoms with Crippen molar-refractivity contribution in [3.8, 4) is 6.07 Å². The molecule has 1 N–H and O–H groups in total. The lowest BCUT2D eigenvalue weighted by atomic mass is 10.2. The molecule has 1 aliphatic rings. The summed E-state index contributed by atoms with van der Waals surface area (Å²) < 4.78 is 25.4. The zero-order chi connectivity index (χ0) is 12.2. The summed E-state index contributed by atoms with van der Waals surface area (Å²) in [7, 11) is -3.58. The molecular weight excluding hydrogens is 228 g/mol. The Bertz CT molecular complexity index is 355. The third kappa shape index (κ3) is 2.73. The summed E-state index contributed by atoms with van der Waals surface area (Å²) >= 11 is 0. The van der Waals surface area contributed by atoms with E-state index in [1.54, 1.807) is 6.07 Å². The fourth-order valence-electron chi connectivity index (χ4n) is 2.08. The van der Waals surface area contributed by atoms with Gasteiger partial charge in [0.05, 0.1) is 12.7 Å². The van der Waals surface area contributed by atoms with E-state index in [0.717, 1.165) is 25.7 Å². The Kier molecular flexibility index (Phi) is 4.71. The number of aliphatic hydroxyl groups is 1. The summed E-state index contributed by atoms with van der Waals surface area (Å²) in [5.74, 6) is 0. The smallest absolute Gasteiger partial charge is 0.230 e. The van der Waals surface area contributed by atoms with Crippen molar-refractivity contribution in [3.63, 3.8) is 0 Å². The van der Waals surface area contributed by atoms with Gasteiger partial charge in [0.2, 0.25) is 10.0 Å². The lowest BCUT2D eigenvalue weighted by Crippen LogP contribution is -2.44. The summed E-state index contributed by atoms with van der Waals surface area (Å²) in [5, 5.41) is 16.6. The van der Waals surface area contributed by atoms with Gasteiger partial charge in [-0.05, 0) is 19.8 Å². The van der Waals surface area contributed by atoms with Gasteiger partial charge >= 0.3 is 0 Å². The molecule has 0 bridgehead atoms. The molecule has 0 aromatic rings. The second-order valence-electron chi connectivity index (χ2n) is 4.09. The standard InChI is InChI=1S/C10H18N2O3S/c1-9(8-11)16(14,15)12(6-7-13)10-4-2-3-5-10/h9-10,13H,2-7H2,1H3. The highest BCUT2D eigenvalue weighted by molar-refractivity contribution is 7.90. The molecule has 0 aromatic heterocycles. The van der Waals surface area contributed by atoms with Crippen LogP contribution in [0.4, 0.5) is 0 Å². The van der Waals surface area contributed by atoms with Crippen LogP contribution >= 0.6 is 0 Å². The highest BCUT2D eigenvalue weighted by atomic mass is 32.2. The SMILES string of the molecule is CC(C#N)S(=O)(=O)N(CCO)C1CCCC1. The van der Waals surface area contributed by atoms with Crippen molar-refractivity contribution in [1.82, 2.24) is 4.31 Å². The van der Waals surface area contributed by atoms with Crippen molar-refractivity contribution in [2.24, 2.45) is 0 Å². The molecule has 0 aliphatic heterocycles. The lowest BCUT2D eigenvalue weighted by Gasteiger charge is -2.28. The molecule has 1 saturated carbocycles. The van der Waals surface area contributed by atoms with E-state index in [4.69, 9.17) is 10.4 Å². The first kappa shape index (κ1) is 13.4. The Morgan fingerprint density at radius 2 is 2.06 bits per heavy atom. The summed E-state index contributed by atoms with van der Waals surface area (Å²) in [4.78, 5) is 0. The normalized spacial score (nSPS) is 19.9. The molecule has 0 radical (unpaired) electrons. The van der Waals surface area contributed by atoms with Gasteiger partial charge in [-0.15, -0.1) is 0 Å². The fraction of sp³-hybridized carbons (Fsp3) is 0.900. The van der Waals surface area contributed by atoms with Crippen LogP contribution in [0.15, 0.2) is 0 Å². The van der Waals surface area contributed by atoms with Crippen LogP contribution in [-0.2, 0) is 10.0 Å². The Labute approximate surface area is 96.7 Å². The van der Waals surface area contributed by atoms with Gasteiger partial charge in [-0.2, -0.15) is 9.57 Å². The van der Waals surface area contributed by atoms with Crippen molar-refractivity contribution >= 4 is 10.0 Å². The number of sulfonamides is 1. The van der Waals surface area contributed by atoms with Crippen LogP contribution in [0, 0.1) is 11.3 Å². The molecule has 1 atom stereocenters. The maximum Gasteiger partial charge on any atom is 0.230 e. The summed E-state index contributed by atoms with van der Waals surface area (Å²) in [6.45, 7) is 1.28. The minimum absolute atomic E-state index is 0.0343. The van der Waals surface area contributed by atoms with E-state index < -0.39 is 15.3 Å². The van der Waals surface area contributed by atoms with E-state index >= 15 is 0 Å². The third-order valence-electron chi connectivity index (χ3n) is 3.01. The topological polar surface area (TPSA) is 81.4 Å². The van der Waals surface area contributed by atoms with Gasteiger partial charge in [-0.25, -0.2) is 8.42 Å². The molecule has 6 heteroatoms. The Hall–Kier alpha value is -0.640. The van der Waals surface area contributed by atoms with Crippen LogP contribution in [0.2, 0.25) is 0 Å². The number of aliphatic hydroxyl groups excluding tert-OH is 1. The van der Waals surface area contributed by atoms with Crippen molar-refractivity contribution in [2.75, 3.05) is 13.2 Å². The fourth-order valence-corrected chi connectivity index (χ4v) is 3.58. The van der Waals surface area contributed by atoms with E-state index in [9.17, 15) is 8.42 Å². The van der Waals surface area contributed by atoms with Crippen LogP contribution in [-0.4, -0.2) is 42.3 Å². The van der Waals surface area contributed by atoms with Crippen molar-refractivity contribution in [3.05, 3.63) is 0 Å². The van der Waals surface area contributed by atoms with E-state index in [1.807, 2.05) is 0 Å². The van der Waals surface area contributed by atoms with Crippen LogP contribution in [0.1, 0.15) is 32.6 Å². The first-order valence-corrected chi connectivity index (χ1v) is 7.05. The summed E-state index contributed by atoms with van der Waals surface area (Å²) in [6.07, 6.45) is 3.70. The van der Waals surface area contributed by atoms with E-state index in [2.05, 4.69) is 0 Å². The maximum atomic E-state index is 12.0. The molecule has 92 valence electrons. The summed E-state index contributed by atoms with van der Waals surface area (Å²) in [5.41, 5.74) is 0. The lowest BCUT2D eigenvalue weighted by molar-refractivity contribution is 0.226. The van der Waals surface area contributed by atoms with Crippen LogP contribution < -0.4 is 0 Å². The van der Waals surface area contributed by atoms with Gasteiger partial charge in [-0.3, -0.25) is 0 Å². The summed E-state index contributed by atoms with van der Waals surface area (Å²) in [6, 6.07) is 1.72. The Balaban J connectivity index is 2.88. The van der Waals surface area contributed by atoms with Gasteiger partial charge in [0.15, 0.2) is 5.25 Å². The zero-order valence-electron chi connectivity index (χ0n) is 9.46. The monoisotopic (exact) mass is 246 g/mol. The second kappa shape index (κ2) is 5.62. The number of hydrogen-bond donors (Lipinski definition) is 1. The predicted octanol–water partition coefficient (Wildman–Crippen LogP) is 0.465. The highest BCUT2D eigenvalue weighted by Crippen LogP contribution is 2.26. The Morgan fingerprint density at radius 3 is 2.50 bits per heavy atom. The average molecular weight is 246 g/mol. The molecule has 16 heavy (non-hydrogen) atoms. The Morgan fingerprint density at radius 1 is 1.50 bits per heavy atom. The largest absolute Gasteiger partial charge is 0.395 e. The molecule has 5 nitrogen and oxygen atoms in total. The second-order valence-corrected chi connectivity index (χ2v) is 6.29. The number of nitriles is 1. The van der Waals surface area contributed by atoms with Crippen LogP contribution in [0.5, 0.6) is 0 Å². The predicted molar refractivity (Wildman–Crippen MR) is 60.0 cm³/mol. The molecule has 0 saturated heterocycles. The quantitative estimate of drug-likeness (QED) is 0.764. The maximum absolute atomic E-state index is 12.0. The molecule has 0 spiro atoms.